The van der Waals surface area contributed by atoms with Crippen molar-refractivity contribution < 1.29 is 19.2 Å². The minimum absolute atomic E-state index is 0.114. The summed E-state index contributed by atoms with van der Waals surface area (Å²) < 4.78 is 2.00. The number of aromatic nitrogens is 2. The van der Waals surface area contributed by atoms with E-state index >= 15 is 0 Å². The van der Waals surface area contributed by atoms with Crippen molar-refractivity contribution in [1.82, 2.24) is 9.88 Å². The minimum Gasteiger partial charge on any atom is -0.327 e. The van der Waals surface area contributed by atoms with Gasteiger partial charge in [0.1, 0.15) is 0 Å². The maximum atomic E-state index is 12.9. The standard InChI is InChI=1S/C22H26N4O2S/c1-26(2)11-9-24(10-12-26)22(27)18-6-3-5-17(13-18)14-21-23-20(16-29-21)19-7-4-8-25(28)15-19/h3-8,13,15-16,28H,9-12,14H2,1-2H3/q+2. The highest BCUT2D eigenvalue weighted by atomic mass is 32.1. The van der Waals surface area contributed by atoms with E-state index in [-0.39, 0.29) is 5.91 Å². The summed E-state index contributed by atoms with van der Waals surface area (Å²) >= 11 is 1.59. The quantitative estimate of drug-likeness (QED) is 0.408. The van der Waals surface area contributed by atoms with Gasteiger partial charge in [0.25, 0.3) is 5.91 Å². The molecule has 2 aromatic heterocycles. The number of thiazole rings is 1. The molecule has 0 atom stereocenters. The van der Waals surface area contributed by atoms with E-state index in [0.29, 0.717) is 6.42 Å². The Balaban J connectivity index is 1.46. The molecule has 1 N–H and O–H groups in total. The molecule has 1 aliphatic heterocycles. The highest BCUT2D eigenvalue weighted by Gasteiger charge is 2.27. The van der Waals surface area contributed by atoms with Gasteiger partial charge in [-0.2, -0.15) is 0 Å². The van der Waals surface area contributed by atoms with Gasteiger partial charge in [-0.1, -0.05) is 12.1 Å². The number of amides is 1. The van der Waals surface area contributed by atoms with Crippen molar-refractivity contribution in [2.45, 2.75) is 6.42 Å². The third-order valence-corrected chi connectivity index (χ3v) is 6.25. The fourth-order valence-electron chi connectivity index (χ4n) is 3.52. The number of hydrogen-bond donors (Lipinski definition) is 1. The minimum atomic E-state index is 0.114. The highest BCUT2D eigenvalue weighted by molar-refractivity contribution is 7.10. The van der Waals surface area contributed by atoms with E-state index in [9.17, 15) is 10.0 Å². The molecule has 1 fully saturated rings. The number of hydrogen-bond acceptors (Lipinski definition) is 4. The number of pyridine rings is 1. The van der Waals surface area contributed by atoms with E-state index in [0.717, 1.165) is 62.8 Å². The summed E-state index contributed by atoms with van der Waals surface area (Å²) in [5.74, 6) is 0.114. The third kappa shape index (κ3) is 4.63. The lowest BCUT2D eigenvalue weighted by Gasteiger charge is -2.39. The lowest BCUT2D eigenvalue weighted by molar-refractivity contribution is -0.904. The van der Waals surface area contributed by atoms with E-state index in [1.54, 1.807) is 29.8 Å². The molecular formula is C22H26N4O2S+2. The number of benzene rings is 1. The van der Waals surface area contributed by atoms with Crippen molar-refractivity contribution in [3.05, 3.63) is 70.3 Å². The van der Waals surface area contributed by atoms with Gasteiger partial charge in [-0.15, -0.1) is 11.3 Å². The molecule has 29 heavy (non-hydrogen) atoms. The second-order valence-electron chi connectivity index (χ2n) is 8.15. The number of rotatable bonds is 4. The Bertz CT molecular complexity index is 1020. The molecule has 0 aliphatic carbocycles. The van der Waals surface area contributed by atoms with Crippen molar-refractivity contribution in [1.29, 1.82) is 0 Å². The lowest BCUT2D eigenvalue weighted by Crippen LogP contribution is -2.56. The Morgan fingerprint density at radius 3 is 2.79 bits per heavy atom. The lowest BCUT2D eigenvalue weighted by atomic mass is 10.1. The fourth-order valence-corrected chi connectivity index (χ4v) is 4.36. The van der Waals surface area contributed by atoms with Gasteiger partial charge in [0.05, 0.1) is 56.5 Å². The molecule has 0 bridgehead atoms. The van der Waals surface area contributed by atoms with Gasteiger partial charge < -0.3 is 9.38 Å². The first kappa shape index (κ1) is 19.5. The van der Waals surface area contributed by atoms with Gasteiger partial charge in [0.15, 0.2) is 0 Å². The first-order valence-corrected chi connectivity index (χ1v) is 10.6. The van der Waals surface area contributed by atoms with E-state index in [1.165, 1.54) is 0 Å². The summed E-state index contributed by atoms with van der Waals surface area (Å²) in [7, 11) is 4.42. The second kappa shape index (κ2) is 7.93. The molecule has 0 spiro atoms. The molecule has 150 valence electrons. The smallest absolute Gasteiger partial charge is 0.254 e. The van der Waals surface area contributed by atoms with Crippen molar-refractivity contribution in [2.75, 3.05) is 40.3 Å². The first-order valence-electron chi connectivity index (χ1n) is 9.75. The molecule has 6 nitrogen and oxygen atoms in total. The maximum absolute atomic E-state index is 12.9. The molecule has 0 saturated carbocycles. The monoisotopic (exact) mass is 410 g/mol. The summed E-state index contributed by atoms with van der Waals surface area (Å²) in [5.41, 5.74) is 3.54. The van der Waals surface area contributed by atoms with Crippen LogP contribution in [0.5, 0.6) is 0 Å². The van der Waals surface area contributed by atoms with E-state index in [4.69, 9.17) is 4.98 Å². The number of quaternary nitrogens is 1. The van der Waals surface area contributed by atoms with Crippen LogP contribution < -0.4 is 4.73 Å². The Kier molecular flexibility index (Phi) is 5.34. The van der Waals surface area contributed by atoms with Crippen LogP contribution in [0.4, 0.5) is 0 Å². The predicted molar refractivity (Wildman–Crippen MR) is 112 cm³/mol. The van der Waals surface area contributed by atoms with Crippen LogP contribution in [0.15, 0.2) is 54.2 Å². The molecule has 4 rings (SSSR count). The van der Waals surface area contributed by atoms with Gasteiger partial charge in [-0.05, 0) is 23.8 Å². The Morgan fingerprint density at radius 1 is 1.24 bits per heavy atom. The number of likely N-dealkylation sites (N-methyl/N-ethyl adjacent to an activating group) is 1. The number of nitrogens with zero attached hydrogens (tertiary/aromatic N) is 4. The number of piperazine rings is 1. The molecule has 0 radical (unpaired) electrons. The largest absolute Gasteiger partial charge is 0.327 e. The zero-order valence-electron chi connectivity index (χ0n) is 16.8. The molecule has 7 heteroatoms. The average Bonchev–Trinajstić information content (AvgIpc) is 3.16. The molecule has 3 heterocycles. The molecule has 1 aliphatic rings. The van der Waals surface area contributed by atoms with Crippen molar-refractivity contribution >= 4 is 17.2 Å². The van der Waals surface area contributed by atoms with Crippen LogP contribution in [-0.2, 0) is 6.42 Å². The zero-order valence-corrected chi connectivity index (χ0v) is 17.6. The van der Waals surface area contributed by atoms with E-state index < -0.39 is 0 Å². The third-order valence-electron chi connectivity index (χ3n) is 5.40. The summed E-state index contributed by atoms with van der Waals surface area (Å²) in [6.45, 7) is 3.57. The molecule has 3 aromatic rings. The number of carbonyl (C=O) groups is 1. The zero-order chi connectivity index (χ0) is 20.4. The van der Waals surface area contributed by atoms with Crippen LogP contribution in [0.3, 0.4) is 0 Å². The van der Waals surface area contributed by atoms with Crippen LogP contribution in [0, 0.1) is 0 Å². The van der Waals surface area contributed by atoms with E-state index in [2.05, 4.69) is 14.1 Å². The van der Waals surface area contributed by atoms with Gasteiger partial charge >= 0.3 is 0 Å². The van der Waals surface area contributed by atoms with Crippen molar-refractivity contribution in [2.24, 2.45) is 0 Å². The summed E-state index contributed by atoms with van der Waals surface area (Å²) in [6.07, 6.45) is 3.89. The second-order valence-corrected chi connectivity index (χ2v) is 9.09. The summed E-state index contributed by atoms with van der Waals surface area (Å²) in [6, 6.07) is 11.6. The maximum Gasteiger partial charge on any atom is 0.254 e. The Hall–Kier alpha value is -2.77. The van der Waals surface area contributed by atoms with E-state index in [1.807, 2.05) is 40.6 Å². The molecule has 1 saturated heterocycles. The molecule has 1 aromatic carbocycles. The Morgan fingerprint density at radius 2 is 2.03 bits per heavy atom. The predicted octanol–water partition coefficient (Wildman–Crippen LogP) is 2.46. The average molecular weight is 411 g/mol. The van der Waals surface area contributed by atoms with Crippen LogP contribution in [-0.4, -0.2) is 65.8 Å². The summed E-state index contributed by atoms with van der Waals surface area (Å²) in [5, 5.41) is 12.6. The van der Waals surface area contributed by atoms with Gasteiger partial charge in [0.2, 0.25) is 12.4 Å². The van der Waals surface area contributed by atoms with Crippen LogP contribution in [0.2, 0.25) is 0 Å². The molecule has 1 amide bonds. The SMILES string of the molecule is C[N+]1(C)CCN(C(=O)c2cccc(Cc3nc(-c4ccc[n+](O)c4)cs3)c2)CC1. The fraction of sp³-hybridized carbons (Fsp3) is 0.318. The van der Waals surface area contributed by atoms with Gasteiger partial charge in [-0.25, -0.2) is 4.98 Å². The van der Waals surface area contributed by atoms with Crippen LogP contribution in [0.25, 0.3) is 11.3 Å². The topological polar surface area (TPSA) is 57.3 Å². The highest BCUT2D eigenvalue weighted by Crippen LogP contribution is 2.23. The molecular weight excluding hydrogens is 384 g/mol. The van der Waals surface area contributed by atoms with Crippen molar-refractivity contribution in [3.63, 3.8) is 0 Å². The number of carbonyl (C=O) groups excluding carboxylic acids is 1. The summed E-state index contributed by atoms with van der Waals surface area (Å²) in [4.78, 5) is 19.6. The van der Waals surface area contributed by atoms with Crippen LogP contribution in [0.1, 0.15) is 20.9 Å². The van der Waals surface area contributed by atoms with Crippen LogP contribution >= 0.6 is 11.3 Å². The van der Waals surface area contributed by atoms with Gasteiger partial charge in [0, 0.05) is 28.2 Å². The first-order chi connectivity index (χ1) is 13.9. The Labute approximate surface area is 174 Å². The molecule has 0 unspecified atom stereocenters. The van der Waals surface area contributed by atoms with Crippen molar-refractivity contribution in [3.8, 4) is 11.3 Å². The van der Waals surface area contributed by atoms with Gasteiger partial charge in [-0.3, -0.25) is 10.0 Å². The normalized spacial score (nSPS) is 16.0.